The number of nitrogens with zero attached hydrogens (tertiary/aromatic N) is 1. The summed E-state index contributed by atoms with van der Waals surface area (Å²) in [5, 5.41) is 3.17. The van der Waals surface area contributed by atoms with Gasteiger partial charge in [-0.15, -0.1) is 0 Å². The summed E-state index contributed by atoms with van der Waals surface area (Å²) in [5.41, 5.74) is 7.06. The maximum absolute atomic E-state index is 5.53. The second-order valence-corrected chi connectivity index (χ2v) is 4.43. The zero-order valence-electron chi connectivity index (χ0n) is 11.2. The lowest BCUT2D eigenvalue weighted by molar-refractivity contribution is 0.395. The number of aromatic nitrogens is 1. The molecule has 6 heteroatoms. The second-order valence-electron chi connectivity index (χ2n) is 3.99. The molecule has 2 aromatic rings. The highest BCUT2D eigenvalue weighted by molar-refractivity contribution is 7.80. The molecule has 0 atom stereocenters. The third kappa shape index (κ3) is 3.16. The average molecular weight is 289 g/mol. The van der Waals surface area contributed by atoms with Crippen LogP contribution in [0.1, 0.15) is 5.56 Å². The van der Waals surface area contributed by atoms with Crippen LogP contribution in [0.15, 0.2) is 36.5 Å². The van der Waals surface area contributed by atoms with Crippen LogP contribution in [0.4, 0.5) is 11.5 Å². The molecule has 20 heavy (non-hydrogen) atoms. The van der Waals surface area contributed by atoms with Gasteiger partial charge in [0, 0.05) is 17.8 Å². The first-order valence-electron chi connectivity index (χ1n) is 5.89. The lowest BCUT2D eigenvalue weighted by Gasteiger charge is -2.12. The molecule has 0 radical (unpaired) electrons. The molecule has 0 unspecified atom stereocenters. The van der Waals surface area contributed by atoms with Crippen LogP contribution in [0.5, 0.6) is 11.5 Å². The molecular formula is C14H15N3O2S. The molecule has 0 aliphatic heterocycles. The van der Waals surface area contributed by atoms with Crippen molar-refractivity contribution in [2.45, 2.75) is 0 Å². The highest BCUT2D eigenvalue weighted by atomic mass is 32.1. The summed E-state index contributed by atoms with van der Waals surface area (Å²) < 4.78 is 10.5. The Morgan fingerprint density at radius 1 is 1.20 bits per heavy atom. The third-order valence-corrected chi connectivity index (χ3v) is 2.96. The van der Waals surface area contributed by atoms with Gasteiger partial charge in [-0.3, -0.25) is 0 Å². The summed E-state index contributed by atoms with van der Waals surface area (Å²) in [7, 11) is 3.21. The SMILES string of the molecule is COc1ccc(Nc2ccc(C(N)=S)cn2)c(OC)c1. The van der Waals surface area contributed by atoms with E-state index < -0.39 is 0 Å². The molecule has 0 spiro atoms. The van der Waals surface area contributed by atoms with Crippen molar-refractivity contribution in [1.82, 2.24) is 4.98 Å². The van der Waals surface area contributed by atoms with E-state index in [-0.39, 0.29) is 0 Å². The first-order chi connectivity index (χ1) is 9.63. The van der Waals surface area contributed by atoms with Gasteiger partial charge >= 0.3 is 0 Å². The monoisotopic (exact) mass is 289 g/mol. The van der Waals surface area contributed by atoms with Crippen LogP contribution in [0, 0.1) is 0 Å². The lowest BCUT2D eigenvalue weighted by atomic mass is 10.2. The molecule has 1 heterocycles. The number of nitrogens with one attached hydrogen (secondary N) is 1. The van der Waals surface area contributed by atoms with Crippen molar-refractivity contribution in [2.75, 3.05) is 19.5 Å². The molecular weight excluding hydrogens is 274 g/mol. The molecule has 0 saturated heterocycles. The average Bonchev–Trinajstić information content (AvgIpc) is 2.48. The van der Waals surface area contributed by atoms with Gasteiger partial charge in [-0.2, -0.15) is 0 Å². The number of hydrogen-bond donors (Lipinski definition) is 2. The van der Waals surface area contributed by atoms with Crippen LogP contribution in [-0.2, 0) is 0 Å². The number of benzene rings is 1. The quantitative estimate of drug-likeness (QED) is 0.824. The summed E-state index contributed by atoms with van der Waals surface area (Å²) >= 11 is 4.89. The predicted octanol–water partition coefficient (Wildman–Crippen LogP) is 2.48. The Morgan fingerprint density at radius 2 is 2.00 bits per heavy atom. The van der Waals surface area contributed by atoms with Crippen LogP contribution in [0.25, 0.3) is 0 Å². The van der Waals surface area contributed by atoms with Crippen molar-refractivity contribution in [3.63, 3.8) is 0 Å². The smallest absolute Gasteiger partial charge is 0.146 e. The Bertz CT molecular complexity index is 614. The van der Waals surface area contributed by atoms with Gasteiger partial charge in [-0.05, 0) is 24.3 Å². The Hall–Kier alpha value is -2.34. The zero-order chi connectivity index (χ0) is 14.5. The number of hydrogen-bond acceptors (Lipinski definition) is 5. The van der Waals surface area contributed by atoms with Crippen LogP contribution in [0.2, 0.25) is 0 Å². The number of rotatable bonds is 5. The van der Waals surface area contributed by atoms with E-state index >= 15 is 0 Å². The van der Waals surface area contributed by atoms with E-state index in [2.05, 4.69) is 10.3 Å². The Morgan fingerprint density at radius 3 is 2.55 bits per heavy atom. The van der Waals surface area contributed by atoms with Crippen molar-refractivity contribution < 1.29 is 9.47 Å². The van der Waals surface area contributed by atoms with Crippen molar-refractivity contribution in [3.8, 4) is 11.5 Å². The molecule has 0 fully saturated rings. The van der Waals surface area contributed by atoms with Gasteiger partial charge in [0.2, 0.25) is 0 Å². The molecule has 5 nitrogen and oxygen atoms in total. The first-order valence-corrected chi connectivity index (χ1v) is 6.29. The van der Waals surface area contributed by atoms with E-state index in [1.165, 1.54) is 0 Å². The number of thiocarbonyl (C=S) groups is 1. The number of nitrogens with two attached hydrogens (primary N) is 1. The zero-order valence-corrected chi connectivity index (χ0v) is 12.0. The van der Waals surface area contributed by atoms with Crippen molar-refractivity contribution >= 4 is 28.7 Å². The molecule has 0 saturated carbocycles. The van der Waals surface area contributed by atoms with Crippen molar-refractivity contribution in [2.24, 2.45) is 5.73 Å². The predicted molar refractivity (Wildman–Crippen MR) is 83.0 cm³/mol. The normalized spacial score (nSPS) is 9.90. The third-order valence-electron chi connectivity index (χ3n) is 2.72. The van der Waals surface area contributed by atoms with Crippen LogP contribution < -0.4 is 20.5 Å². The summed E-state index contributed by atoms with van der Waals surface area (Å²) in [6.45, 7) is 0. The van der Waals surface area contributed by atoms with Gasteiger partial charge in [0.15, 0.2) is 0 Å². The molecule has 2 rings (SSSR count). The van der Waals surface area contributed by atoms with E-state index in [4.69, 9.17) is 27.4 Å². The lowest BCUT2D eigenvalue weighted by Crippen LogP contribution is -2.09. The number of methoxy groups -OCH3 is 2. The van der Waals surface area contributed by atoms with Crippen LogP contribution in [0.3, 0.4) is 0 Å². The van der Waals surface area contributed by atoms with Crippen LogP contribution >= 0.6 is 12.2 Å². The maximum atomic E-state index is 5.53. The number of ether oxygens (including phenoxy) is 2. The number of anilines is 2. The fourth-order valence-corrected chi connectivity index (χ4v) is 1.77. The van der Waals surface area contributed by atoms with Gasteiger partial charge in [-0.25, -0.2) is 4.98 Å². The standard InChI is InChI=1S/C14H15N3O2S/c1-18-10-4-5-11(12(7-10)19-2)17-13-6-3-9(8-16-13)14(15)20/h3-8H,1-2H3,(H2,15,20)(H,16,17). The minimum absolute atomic E-state index is 0.325. The Balaban J connectivity index is 2.23. The summed E-state index contributed by atoms with van der Waals surface area (Å²) in [6, 6.07) is 9.12. The summed E-state index contributed by atoms with van der Waals surface area (Å²) in [6.07, 6.45) is 1.63. The molecule has 1 aromatic carbocycles. The van der Waals surface area contributed by atoms with Crippen molar-refractivity contribution in [3.05, 3.63) is 42.1 Å². The second kappa shape index (κ2) is 6.21. The van der Waals surface area contributed by atoms with E-state index in [1.807, 2.05) is 18.2 Å². The fourth-order valence-electron chi connectivity index (χ4n) is 1.65. The highest BCUT2D eigenvalue weighted by Gasteiger charge is 2.06. The Kier molecular flexibility index (Phi) is 4.37. The van der Waals surface area contributed by atoms with E-state index in [0.29, 0.717) is 16.6 Å². The molecule has 1 aromatic heterocycles. The molecule has 0 aliphatic rings. The Labute approximate surface area is 122 Å². The summed E-state index contributed by atoms with van der Waals surface area (Å²) in [5.74, 6) is 2.07. The van der Waals surface area contributed by atoms with Gasteiger partial charge in [0.25, 0.3) is 0 Å². The van der Waals surface area contributed by atoms with Gasteiger partial charge in [0.05, 0.1) is 19.9 Å². The fraction of sp³-hybridized carbons (Fsp3) is 0.143. The maximum Gasteiger partial charge on any atom is 0.146 e. The molecule has 0 amide bonds. The molecule has 104 valence electrons. The first kappa shape index (κ1) is 14.1. The van der Waals surface area contributed by atoms with E-state index in [9.17, 15) is 0 Å². The number of pyridine rings is 1. The molecule has 0 aliphatic carbocycles. The highest BCUT2D eigenvalue weighted by Crippen LogP contribution is 2.30. The van der Waals surface area contributed by atoms with E-state index in [0.717, 1.165) is 17.0 Å². The minimum Gasteiger partial charge on any atom is -0.497 e. The molecule has 0 bridgehead atoms. The van der Waals surface area contributed by atoms with Crippen molar-refractivity contribution in [1.29, 1.82) is 0 Å². The molecule has 3 N–H and O–H groups in total. The topological polar surface area (TPSA) is 69.4 Å². The van der Waals surface area contributed by atoms with Gasteiger partial charge in [-0.1, -0.05) is 12.2 Å². The van der Waals surface area contributed by atoms with Crippen LogP contribution in [-0.4, -0.2) is 24.2 Å². The van der Waals surface area contributed by atoms with E-state index in [1.54, 1.807) is 32.5 Å². The summed E-state index contributed by atoms with van der Waals surface area (Å²) in [4.78, 5) is 4.57. The largest absolute Gasteiger partial charge is 0.497 e. The van der Waals surface area contributed by atoms with Gasteiger partial charge < -0.3 is 20.5 Å². The van der Waals surface area contributed by atoms with Gasteiger partial charge in [0.1, 0.15) is 22.3 Å². The minimum atomic E-state index is 0.325.